The van der Waals surface area contributed by atoms with E-state index in [1.165, 1.54) is 6.92 Å². The Labute approximate surface area is 147 Å². The molecule has 1 aromatic carbocycles. The highest BCUT2D eigenvalue weighted by Gasteiger charge is 2.35. The van der Waals surface area contributed by atoms with E-state index in [-0.39, 0.29) is 24.9 Å². The van der Waals surface area contributed by atoms with Crippen LogP contribution in [-0.4, -0.2) is 39.5 Å². The summed E-state index contributed by atoms with van der Waals surface area (Å²) in [7, 11) is 0. The summed E-state index contributed by atoms with van der Waals surface area (Å²) >= 11 is 0. The Kier molecular flexibility index (Phi) is 5.42. The zero-order valence-electron chi connectivity index (χ0n) is 15.2. The van der Waals surface area contributed by atoms with Gasteiger partial charge in [0.15, 0.2) is 5.60 Å². The maximum absolute atomic E-state index is 11.9. The second kappa shape index (κ2) is 7.04. The molecule has 0 unspecified atom stereocenters. The van der Waals surface area contributed by atoms with Crippen molar-refractivity contribution in [3.8, 4) is 5.75 Å². The normalized spacial score (nSPS) is 19.3. The minimum absolute atomic E-state index is 0.0292. The zero-order chi connectivity index (χ0) is 18.8. The largest absolute Gasteiger partial charge is 0.490 e. The lowest BCUT2D eigenvalue weighted by Gasteiger charge is -2.30. The van der Waals surface area contributed by atoms with E-state index in [0.29, 0.717) is 18.6 Å². The van der Waals surface area contributed by atoms with E-state index >= 15 is 0 Å². The molecule has 0 radical (unpaired) electrons. The van der Waals surface area contributed by atoms with E-state index in [9.17, 15) is 14.7 Å². The van der Waals surface area contributed by atoms with Crippen molar-refractivity contribution in [1.82, 2.24) is 0 Å². The Morgan fingerprint density at radius 2 is 1.96 bits per heavy atom. The Morgan fingerprint density at radius 1 is 1.28 bits per heavy atom. The first-order chi connectivity index (χ1) is 11.5. The predicted molar refractivity (Wildman–Crippen MR) is 91.6 cm³/mol. The fourth-order valence-corrected chi connectivity index (χ4v) is 2.83. The van der Waals surface area contributed by atoms with Gasteiger partial charge in [0, 0.05) is 6.42 Å². The minimum atomic E-state index is -1.81. The third-order valence-electron chi connectivity index (χ3n) is 4.01. The summed E-state index contributed by atoms with van der Waals surface area (Å²) in [6.07, 6.45) is 1.20. The Balaban J connectivity index is 2.01. The standard InChI is InChI=1S/C19H26O6/c1-18(2,3)25-16(20)10-12-5-8-15-13(9-12)6-7-14(24-15)11-19(4,23)17(21)22/h5,8-9,14,23H,6-7,10-11H2,1-4H3,(H,21,22)/t14-,19+/m1/s1. The summed E-state index contributed by atoms with van der Waals surface area (Å²) < 4.78 is 11.1. The average molecular weight is 350 g/mol. The second-order valence-electron chi connectivity index (χ2n) is 7.77. The third-order valence-corrected chi connectivity index (χ3v) is 4.01. The molecule has 1 heterocycles. The number of carboxylic acid groups (broad SMARTS) is 1. The van der Waals surface area contributed by atoms with E-state index in [0.717, 1.165) is 11.1 Å². The highest BCUT2D eigenvalue weighted by molar-refractivity contribution is 5.76. The van der Waals surface area contributed by atoms with Gasteiger partial charge in [-0.05, 0) is 57.7 Å². The average Bonchev–Trinajstić information content (AvgIpc) is 2.44. The van der Waals surface area contributed by atoms with Crippen molar-refractivity contribution in [2.24, 2.45) is 0 Å². The zero-order valence-corrected chi connectivity index (χ0v) is 15.2. The van der Waals surface area contributed by atoms with E-state index < -0.39 is 17.2 Å². The Bertz CT molecular complexity index is 656. The van der Waals surface area contributed by atoms with Crippen LogP contribution in [0.15, 0.2) is 18.2 Å². The van der Waals surface area contributed by atoms with Crippen molar-refractivity contribution in [2.45, 2.75) is 70.7 Å². The summed E-state index contributed by atoms with van der Waals surface area (Å²) in [5.41, 5.74) is -0.485. The van der Waals surface area contributed by atoms with Gasteiger partial charge in [-0.3, -0.25) is 4.79 Å². The first-order valence-corrected chi connectivity index (χ1v) is 8.42. The maximum atomic E-state index is 11.9. The third kappa shape index (κ3) is 5.46. The monoisotopic (exact) mass is 350 g/mol. The van der Waals surface area contributed by atoms with Crippen LogP contribution >= 0.6 is 0 Å². The molecule has 0 aromatic heterocycles. The first-order valence-electron chi connectivity index (χ1n) is 8.42. The quantitative estimate of drug-likeness (QED) is 0.793. The van der Waals surface area contributed by atoms with Gasteiger partial charge in [0.05, 0.1) is 6.42 Å². The number of ether oxygens (including phenoxy) is 2. The van der Waals surface area contributed by atoms with Crippen molar-refractivity contribution in [3.05, 3.63) is 29.3 Å². The number of carbonyl (C=O) groups is 2. The number of hydrogen-bond donors (Lipinski definition) is 2. The molecule has 0 aliphatic carbocycles. The topological polar surface area (TPSA) is 93.1 Å². The van der Waals surface area contributed by atoms with E-state index in [1.807, 2.05) is 26.8 Å². The van der Waals surface area contributed by atoms with Gasteiger partial charge in [0.25, 0.3) is 0 Å². The number of hydrogen-bond acceptors (Lipinski definition) is 5. The Morgan fingerprint density at radius 3 is 2.56 bits per heavy atom. The smallest absolute Gasteiger partial charge is 0.335 e. The molecular formula is C19H26O6. The number of aliphatic carboxylic acids is 1. The molecule has 0 spiro atoms. The minimum Gasteiger partial charge on any atom is -0.490 e. The number of rotatable bonds is 5. The summed E-state index contributed by atoms with van der Waals surface area (Å²) in [6.45, 7) is 6.77. The molecule has 0 saturated heterocycles. The molecule has 1 aliphatic rings. The lowest BCUT2D eigenvalue weighted by Crippen LogP contribution is -2.41. The summed E-state index contributed by atoms with van der Waals surface area (Å²) in [6, 6.07) is 5.52. The number of benzene rings is 1. The van der Waals surface area contributed by atoms with Gasteiger partial charge in [-0.1, -0.05) is 12.1 Å². The van der Waals surface area contributed by atoms with Gasteiger partial charge < -0.3 is 19.7 Å². The fourth-order valence-electron chi connectivity index (χ4n) is 2.83. The van der Waals surface area contributed by atoms with Gasteiger partial charge in [-0.25, -0.2) is 4.79 Å². The van der Waals surface area contributed by atoms with Crippen LogP contribution in [0.2, 0.25) is 0 Å². The molecule has 6 heteroatoms. The molecule has 2 N–H and O–H groups in total. The molecule has 0 amide bonds. The number of aryl methyl sites for hydroxylation is 1. The van der Waals surface area contributed by atoms with E-state index in [1.54, 1.807) is 12.1 Å². The number of aliphatic hydroxyl groups is 1. The molecule has 2 rings (SSSR count). The van der Waals surface area contributed by atoms with E-state index in [2.05, 4.69) is 0 Å². The molecule has 25 heavy (non-hydrogen) atoms. The summed E-state index contributed by atoms with van der Waals surface area (Å²) in [4.78, 5) is 23.0. The van der Waals surface area contributed by atoms with Crippen LogP contribution in [0.3, 0.4) is 0 Å². The molecule has 0 bridgehead atoms. The number of fused-ring (bicyclic) bond motifs is 1. The predicted octanol–water partition coefficient (Wildman–Crippen LogP) is 2.49. The summed E-state index contributed by atoms with van der Waals surface area (Å²) in [5, 5.41) is 18.9. The van der Waals surface area contributed by atoms with Crippen LogP contribution in [0, 0.1) is 0 Å². The Hall–Kier alpha value is -2.08. The van der Waals surface area contributed by atoms with Crippen LogP contribution in [0.4, 0.5) is 0 Å². The van der Waals surface area contributed by atoms with Gasteiger partial charge in [0.1, 0.15) is 17.5 Å². The van der Waals surface area contributed by atoms with Gasteiger partial charge in [-0.15, -0.1) is 0 Å². The molecule has 6 nitrogen and oxygen atoms in total. The van der Waals surface area contributed by atoms with Crippen LogP contribution in [0.1, 0.15) is 51.7 Å². The molecule has 138 valence electrons. The van der Waals surface area contributed by atoms with Crippen molar-refractivity contribution in [1.29, 1.82) is 0 Å². The highest BCUT2D eigenvalue weighted by atomic mass is 16.6. The lowest BCUT2D eigenvalue weighted by molar-refractivity contribution is -0.159. The van der Waals surface area contributed by atoms with Crippen LogP contribution in [0.25, 0.3) is 0 Å². The molecule has 1 aliphatic heterocycles. The van der Waals surface area contributed by atoms with Gasteiger partial charge in [0.2, 0.25) is 0 Å². The SMILES string of the molecule is CC(C)(C)OC(=O)Cc1ccc2c(c1)CC[C@H](C[C@](C)(O)C(=O)O)O2. The lowest BCUT2D eigenvalue weighted by atomic mass is 9.92. The maximum Gasteiger partial charge on any atom is 0.335 e. The fraction of sp³-hybridized carbons (Fsp3) is 0.579. The molecular weight excluding hydrogens is 324 g/mol. The van der Waals surface area contributed by atoms with Gasteiger partial charge >= 0.3 is 11.9 Å². The number of carbonyl (C=O) groups excluding carboxylic acids is 1. The van der Waals surface area contributed by atoms with Crippen molar-refractivity contribution in [3.63, 3.8) is 0 Å². The summed E-state index contributed by atoms with van der Waals surface area (Å²) in [5.74, 6) is -0.862. The molecule has 0 saturated carbocycles. The molecule has 1 aromatic rings. The number of esters is 1. The van der Waals surface area contributed by atoms with Crippen molar-refractivity contribution in [2.75, 3.05) is 0 Å². The van der Waals surface area contributed by atoms with Crippen LogP contribution in [0.5, 0.6) is 5.75 Å². The van der Waals surface area contributed by atoms with Crippen LogP contribution < -0.4 is 4.74 Å². The first kappa shape index (κ1) is 19.2. The van der Waals surface area contributed by atoms with E-state index in [4.69, 9.17) is 14.6 Å². The van der Waals surface area contributed by atoms with Crippen molar-refractivity contribution < 1.29 is 29.3 Å². The number of carboxylic acids is 1. The van der Waals surface area contributed by atoms with Gasteiger partial charge in [-0.2, -0.15) is 0 Å². The molecule has 2 atom stereocenters. The van der Waals surface area contributed by atoms with Crippen molar-refractivity contribution >= 4 is 11.9 Å². The van der Waals surface area contributed by atoms with Crippen LogP contribution in [-0.2, 0) is 27.2 Å². The second-order valence-corrected chi connectivity index (χ2v) is 7.77. The molecule has 0 fully saturated rings. The highest BCUT2D eigenvalue weighted by Crippen LogP contribution is 2.31.